The van der Waals surface area contributed by atoms with Gasteiger partial charge in [0.25, 0.3) is 0 Å². The fourth-order valence-electron chi connectivity index (χ4n) is 1.52. The van der Waals surface area contributed by atoms with Crippen LogP contribution >= 0.6 is 0 Å². The van der Waals surface area contributed by atoms with Crippen molar-refractivity contribution in [2.45, 2.75) is 32.6 Å². The average Bonchev–Trinajstić information content (AvgIpc) is 2.05. The molecule has 0 spiro atoms. The van der Waals surface area contributed by atoms with E-state index in [4.69, 9.17) is 10.1 Å². The molecule has 1 aliphatic carbocycles. The molecule has 12 heavy (non-hydrogen) atoms. The first-order valence-electron chi connectivity index (χ1n) is 4.49. The summed E-state index contributed by atoms with van der Waals surface area (Å²) in [5.74, 6) is -0.444. The van der Waals surface area contributed by atoms with Crippen molar-refractivity contribution in [1.82, 2.24) is 0 Å². The molecule has 0 amide bonds. The molecule has 1 fully saturated rings. The smallest absolute Gasteiger partial charge is 0.314 e. The summed E-state index contributed by atoms with van der Waals surface area (Å²) in [6.07, 6.45) is 3.67. The Labute approximate surface area is 72.6 Å². The molecule has 0 heterocycles. The van der Waals surface area contributed by atoms with Gasteiger partial charge in [-0.3, -0.25) is 4.79 Å². The van der Waals surface area contributed by atoms with Gasteiger partial charge in [0.05, 0.1) is 12.5 Å². The van der Waals surface area contributed by atoms with Crippen LogP contribution in [-0.4, -0.2) is 18.3 Å². The SMILES string of the molecule is CCOC(=O)C1CCCCC1=N. The summed E-state index contributed by atoms with van der Waals surface area (Å²) in [6, 6.07) is 0. The predicted molar refractivity (Wildman–Crippen MR) is 46.3 cm³/mol. The lowest BCUT2D eigenvalue weighted by Crippen LogP contribution is -2.28. The number of ether oxygens (including phenoxy) is 1. The maximum atomic E-state index is 11.2. The number of nitrogens with one attached hydrogen (secondary N) is 1. The van der Waals surface area contributed by atoms with Crippen LogP contribution in [0.4, 0.5) is 0 Å². The zero-order valence-corrected chi connectivity index (χ0v) is 7.43. The van der Waals surface area contributed by atoms with Crippen molar-refractivity contribution in [2.75, 3.05) is 6.61 Å². The largest absolute Gasteiger partial charge is 0.465 e. The number of carbonyl (C=O) groups excluding carboxylic acids is 1. The van der Waals surface area contributed by atoms with Gasteiger partial charge in [-0.2, -0.15) is 0 Å². The lowest BCUT2D eigenvalue weighted by atomic mass is 9.87. The Bertz CT molecular complexity index is 189. The molecule has 0 aromatic carbocycles. The molecule has 0 radical (unpaired) electrons. The van der Waals surface area contributed by atoms with Crippen LogP contribution in [0.1, 0.15) is 32.6 Å². The highest BCUT2D eigenvalue weighted by atomic mass is 16.5. The Morgan fingerprint density at radius 2 is 2.42 bits per heavy atom. The lowest BCUT2D eigenvalue weighted by Gasteiger charge is -2.20. The Balaban J connectivity index is 2.48. The van der Waals surface area contributed by atoms with Crippen LogP contribution in [0, 0.1) is 11.3 Å². The molecule has 68 valence electrons. The fraction of sp³-hybridized carbons (Fsp3) is 0.778. The second-order valence-corrected chi connectivity index (χ2v) is 3.08. The highest BCUT2D eigenvalue weighted by Crippen LogP contribution is 2.21. The highest BCUT2D eigenvalue weighted by molar-refractivity contribution is 6.00. The normalized spacial score (nSPS) is 23.8. The molecule has 0 aromatic heterocycles. The molecular weight excluding hydrogens is 154 g/mol. The second-order valence-electron chi connectivity index (χ2n) is 3.08. The Kier molecular flexibility index (Phi) is 3.26. The maximum absolute atomic E-state index is 11.2. The molecule has 1 saturated carbocycles. The van der Waals surface area contributed by atoms with Crippen LogP contribution in [0.3, 0.4) is 0 Å². The van der Waals surface area contributed by atoms with Crippen LogP contribution in [0.5, 0.6) is 0 Å². The minimum atomic E-state index is -0.237. The lowest BCUT2D eigenvalue weighted by molar-refractivity contribution is -0.146. The van der Waals surface area contributed by atoms with E-state index in [9.17, 15) is 4.79 Å². The summed E-state index contributed by atoms with van der Waals surface area (Å²) in [7, 11) is 0. The van der Waals surface area contributed by atoms with Crippen molar-refractivity contribution in [3.05, 3.63) is 0 Å². The minimum absolute atomic E-state index is 0.206. The molecule has 0 saturated heterocycles. The van der Waals surface area contributed by atoms with Gasteiger partial charge in [-0.05, 0) is 26.2 Å². The van der Waals surface area contributed by atoms with Gasteiger partial charge >= 0.3 is 5.97 Å². The summed E-state index contributed by atoms with van der Waals surface area (Å²) in [5.41, 5.74) is 0.555. The Morgan fingerprint density at radius 1 is 1.67 bits per heavy atom. The van der Waals surface area contributed by atoms with Gasteiger partial charge in [-0.15, -0.1) is 0 Å². The highest BCUT2D eigenvalue weighted by Gasteiger charge is 2.26. The van der Waals surface area contributed by atoms with Crippen molar-refractivity contribution in [3.63, 3.8) is 0 Å². The first-order valence-corrected chi connectivity index (χ1v) is 4.49. The van der Waals surface area contributed by atoms with E-state index in [1.54, 1.807) is 6.92 Å². The van der Waals surface area contributed by atoms with Gasteiger partial charge in [0.2, 0.25) is 0 Å². The third-order valence-corrected chi connectivity index (χ3v) is 2.18. The monoisotopic (exact) mass is 169 g/mol. The number of esters is 1. The minimum Gasteiger partial charge on any atom is -0.465 e. The molecule has 1 unspecified atom stereocenters. The number of rotatable bonds is 2. The van der Waals surface area contributed by atoms with E-state index < -0.39 is 0 Å². The van der Waals surface area contributed by atoms with Crippen LogP contribution in [0.2, 0.25) is 0 Å². The molecule has 1 N–H and O–H groups in total. The Morgan fingerprint density at radius 3 is 3.00 bits per heavy atom. The summed E-state index contributed by atoms with van der Waals surface area (Å²) >= 11 is 0. The first-order chi connectivity index (χ1) is 5.75. The van der Waals surface area contributed by atoms with Gasteiger partial charge in [0, 0.05) is 5.71 Å². The number of hydrogen-bond acceptors (Lipinski definition) is 3. The van der Waals surface area contributed by atoms with E-state index in [-0.39, 0.29) is 11.9 Å². The standard InChI is InChI=1S/C9H15NO2/c1-2-12-9(11)7-5-3-4-6-8(7)10/h7,10H,2-6H2,1H3. The van der Waals surface area contributed by atoms with Gasteiger partial charge < -0.3 is 10.1 Å². The van der Waals surface area contributed by atoms with E-state index in [0.29, 0.717) is 12.3 Å². The van der Waals surface area contributed by atoms with Gasteiger partial charge in [-0.1, -0.05) is 6.42 Å². The zero-order valence-electron chi connectivity index (χ0n) is 7.43. The first kappa shape index (κ1) is 9.23. The fourth-order valence-corrected chi connectivity index (χ4v) is 1.52. The zero-order chi connectivity index (χ0) is 8.97. The van der Waals surface area contributed by atoms with Crippen molar-refractivity contribution in [1.29, 1.82) is 5.41 Å². The summed E-state index contributed by atoms with van der Waals surface area (Å²) in [4.78, 5) is 11.2. The molecular formula is C9H15NO2. The van der Waals surface area contributed by atoms with E-state index >= 15 is 0 Å². The molecule has 3 nitrogen and oxygen atoms in total. The average molecular weight is 169 g/mol. The van der Waals surface area contributed by atoms with Crippen LogP contribution in [0.15, 0.2) is 0 Å². The van der Waals surface area contributed by atoms with E-state index in [2.05, 4.69) is 0 Å². The van der Waals surface area contributed by atoms with Crippen LogP contribution < -0.4 is 0 Å². The molecule has 1 rings (SSSR count). The van der Waals surface area contributed by atoms with Gasteiger partial charge in [0.1, 0.15) is 0 Å². The Hall–Kier alpha value is -0.860. The molecule has 3 heteroatoms. The molecule has 1 aliphatic rings. The molecule has 0 bridgehead atoms. The van der Waals surface area contributed by atoms with Crippen molar-refractivity contribution >= 4 is 11.7 Å². The van der Waals surface area contributed by atoms with E-state index in [1.807, 2.05) is 0 Å². The summed E-state index contributed by atoms with van der Waals surface area (Å²) in [6.45, 7) is 2.22. The molecule has 0 aromatic rings. The predicted octanol–water partition coefficient (Wildman–Crippen LogP) is 1.76. The molecule has 0 aliphatic heterocycles. The van der Waals surface area contributed by atoms with Crippen molar-refractivity contribution in [2.24, 2.45) is 5.92 Å². The number of hydrogen-bond donors (Lipinski definition) is 1. The third-order valence-electron chi connectivity index (χ3n) is 2.18. The third kappa shape index (κ3) is 2.06. The topological polar surface area (TPSA) is 50.2 Å². The second kappa shape index (κ2) is 4.24. The summed E-state index contributed by atoms with van der Waals surface area (Å²) in [5, 5.41) is 7.55. The summed E-state index contributed by atoms with van der Waals surface area (Å²) < 4.78 is 4.87. The quantitative estimate of drug-likeness (QED) is 0.640. The van der Waals surface area contributed by atoms with Gasteiger partial charge in [0.15, 0.2) is 0 Å². The van der Waals surface area contributed by atoms with Crippen molar-refractivity contribution < 1.29 is 9.53 Å². The van der Waals surface area contributed by atoms with E-state index in [1.165, 1.54) is 0 Å². The number of carbonyl (C=O) groups is 1. The molecule has 1 atom stereocenters. The van der Waals surface area contributed by atoms with Crippen LogP contribution in [0.25, 0.3) is 0 Å². The van der Waals surface area contributed by atoms with Gasteiger partial charge in [-0.25, -0.2) is 0 Å². The van der Waals surface area contributed by atoms with E-state index in [0.717, 1.165) is 25.7 Å². The van der Waals surface area contributed by atoms with Crippen LogP contribution in [-0.2, 0) is 9.53 Å². The van der Waals surface area contributed by atoms with Crippen molar-refractivity contribution in [3.8, 4) is 0 Å². The maximum Gasteiger partial charge on any atom is 0.314 e.